The van der Waals surface area contributed by atoms with E-state index in [4.69, 9.17) is 11.6 Å². The van der Waals surface area contributed by atoms with E-state index in [1.165, 1.54) is 64.6 Å². The van der Waals surface area contributed by atoms with Crippen molar-refractivity contribution in [1.82, 2.24) is 9.55 Å². The molecule has 8 heteroatoms. The Morgan fingerprint density at radius 3 is 2.46 bits per heavy atom. The molecule has 2 heterocycles. The van der Waals surface area contributed by atoms with E-state index in [2.05, 4.69) is 4.98 Å². The first kappa shape index (κ1) is 18.2. The van der Waals surface area contributed by atoms with Crippen LogP contribution < -0.4 is 0 Å². The van der Waals surface area contributed by atoms with Gasteiger partial charge < -0.3 is 10.2 Å². The number of hydrogen-bond donors (Lipinski definition) is 2. The van der Waals surface area contributed by atoms with E-state index in [9.17, 15) is 19.4 Å². The summed E-state index contributed by atoms with van der Waals surface area (Å²) in [6.07, 6.45) is 1.50. The van der Waals surface area contributed by atoms with Gasteiger partial charge in [-0.25, -0.2) is 9.37 Å². The molecular weight excluding hydrogens is 403 g/mol. The van der Waals surface area contributed by atoms with Crippen LogP contribution in [0.3, 0.4) is 0 Å². The molecule has 0 aliphatic rings. The van der Waals surface area contributed by atoms with Gasteiger partial charge in [0, 0.05) is 27.7 Å². The number of carbonyl (C=O) groups excluding carboxylic acids is 1. The Kier molecular flexibility index (Phi) is 4.62. The van der Waals surface area contributed by atoms with E-state index in [0.29, 0.717) is 5.02 Å². The first-order valence-corrected chi connectivity index (χ1v) is 9.36. The number of thiazole rings is 1. The third-order valence-electron chi connectivity index (χ3n) is 4.19. The van der Waals surface area contributed by atoms with Crippen molar-refractivity contribution < 1.29 is 19.4 Å². The summed E-state index contributed by atoms with van der Waals surface area (Å²) in [5.74, 6) is -2.43. The molecule has 0 aliphatic heterocycles. The molecule has 0 saturated heterocycles. The molecule has 4 rings (SSSR count). The van der Waals surface area contributed by atoms with E-state index < -0.39 is 23.2 Å². The molecule has 140 valence electrons. The first-order chi connectivity index (χ1) is 13.5. The maximum Gasteiger partial charge on any atom is 0.242 e. The van der Waals surface area contributed by atoms with Crippen LogP contribution in [0.15, 0.2) is 60.1 Å². The number of benzene rings is 2. The maximum atomic E-state index is 14.6. The summed E-state index contributed by atoms with van der Waals surface area (Å²) in [7, 11) is 0. The summed E-state index contributed by atoms with van der Waals surface area (Å²) in [5, 5.41) is 23.5. The van der Waals surface area contributed by atoms with E-state index in [-0.39, 0.29) is 27.5 Å². The van der Waals surface area contributed by atoms with Crippen LogP contribution in [0.1, 0.15) is 15.9 Å². The van der Waals surface area contributed by atoms with Crippen LogP contribution in [0.2, 0.25) is 5.02 Å². The van der Waals surface area contributed by atoms with Crippen molar-refractivity contribution in [3.8, 4) is 28.0 Å². The Hall–Kier alpha value is -3.16. The molecule has 2 aromatic heterocycles. The molecule has 0 bridgehead atoms. The van der Waals surface area contributed by atoms with Gasteiger partial charge in [0.15, 0.2) is 16.7 Å². The maximum absolute atomic E-state index is 14.6. The monoisotopic (exact) mass is 414 g/mol. The highest BCUT2D eigenvalue weighted by atomic mass is 35.5. The van der Waals surface area contributed by atoms with Crippen LogP contribution >= 0.6 is 22.9 Å². The van der Waals surface area contributed by atoms with E-state index in [0.717, 1.165) is 0 Å². The second kappa shape index (κ2) is 7.10. The van der Waals surface area contributed by atoms with E-state index in [1.807, 2.05) is 0 Å². The lowest BCUT2D eigenvalue weighted by Crippen LogP contribution is -2.05. The number of rotatable bonds is 4. The lowest BCUT2D eigenvalue weighted by molar-refractivity contribution is 0.103. The van der Waals surface area contributed by atoms with Crippen molar-refractivity contribution >= 4 is 28.7 Å². The molecule has 0 atom stereocenters. The van der Waals surface area contributed by atoms with Crippen LogP contribution in [0.25, 0.3) is 16.4 Å². The van der Waals surface area contributed by atoms with Gasteiger partial charge in [-0.15, -0.1) is 11.3 Å². The van der Waals surface area contributed by atoms with Gasteiger partial charge >= 0.3 is 0 Å². The van der Waals surface area contributed by atoms with Gasteiger partial charge in [-0.3, -0.25) is 9.36 Å². The molecule has 0 amide bonds. The molecule has 0 radical (unpaired) electrons. The second-order valence-electron chi connectivity index (χ2n) is 5.86. The van der Waals surface area contributed by atoms with Crippen molar-refractivity contribution in [3.05, 3.63) is 82.1 Å². The quantitative estimate of drug-likeness (QED) is 0.459. The molecule has 0 aliphatic carbocycles. The standard InChI is InChI=1S/C20H12ClFN2O3S/c21-12-7-5-11(6-8-12)17(25)15-16(13-3-1-2-4-14(13)22)24(19(27)18(15)26)20-23-9-10-28-20/h1-10,26-27H. The van der Waals surface area contributed by atoms with Crippen LogP contribution in [0.4, 0.5) is 4.39 Å². The van der Waals surface area contributed by atoms with Gasteiger partial charge in [0.05, 0.1) is 11.3 Å². The third-order valence-corrected chi connectivity index (χ3v) is 5.20. The van der Waals surface area contributed by atoms with Gasteiger partial charge in [-0.05, 0) is 36.4 Å². The fourth-order valence-electron chi connectivity index (χ4n) is 2.93. The van der Waals surface area contributed by atoms with Crippen molar-refractivity contribution in [1.29, 1.82) is 0 Å². The third kappa shape index (κ3) is 2.94. The summed E-state index contributed by atoms with van der Waals surface area (Å²) in [6, 6.07) is 11.9. The van der Waals surface area contributed by atoms with Crippen molar-refractivity contribution in [2.75, 3.05) is 0 Å². The first-order valence-electron chi connectivity index (χ1n) is 8.10. The second-order valence-corrected chi connectivity index (χ2v) is 7.17. The number of hydrogen-bond acceptors (Lipinski definition) is 5. The summed E-state index contributed by atoms with van der Waals surface area (Å²) in [6.45, 7) is 0. The molecule has 5 nitrogen and oxygen atoms in total. The Labute approximate surface area is 167 Å². The summed E-state index contributed by atoms with van der Waals surface area (Å²) in [5.41, 5.74) is 0.0716. The molecule has 2 aromatic carbocycles. The Morgan fingerprint density at radius 2 is 1.82 bits per heavy atom. The molecule has 0 spiro atoms. The largest absolute Gasteiger partial charge is 0.503 e. The molecule has 0 unspecified atom stereocenters. The number of halogens is 2. The predicted octanol–water partition coefficient (Wildman–Crippen LogP) is 5.04. The van der Waals surface area contributed by atoms with Gasteiger partial charge in [0.1, 0.15) is 5.82 Å². The summed E-state index contributed by atoms with van der Waals surface area (Å²) < 4.78 is 15.8. The van der Waals surface area contributed by atoms with Crippen molar-refractivity contribution in [2.24, 2.45) is 0 Å². The van der Waals surface area contributed by atoms with E-state index in [1.54, 1.807) is 11.4 Å². The van der Waals surface area contributed by atoms with Gasteiger partial charge in [0.2, 0.25) is 5.88 Å². The highest BCUT2D eigenvalue weighted by Gasteiger charge is 2.31. The van der Waals surface area contributed by atoms with Gasteiger partial charge in [0.25, 0.3) is 0 Å². The average molecular weight is 415 g/mol. The molecule has 2 N–H and O–H groups in total. The Balaban J connectivity index is 2.04. The molecule has 4 aromatic rings. The average Bonchev–Trinajstić information content (AvgIpc) is 3.30. The number of aromatic nitrogens is 2. The molecule has 0 fully saturated rings. The van der Waals surface area contributed by atoms with Crippen molar-refractivity contribution in [3.63, 3.8) is 0 Å². The zero-order chi connectivity index (χ0) is 19.8. The molecule has 28 heavy (non-hydrogen) atoms. The fraction of sp³-hybridized carbons (Fsp3) is 0. The number of carbonyl (C=O) groups is 1. The van der Waals surface area contributed by atoms with Gasteiger partial charge in [-0.2, -0.15) is 0 Å². The SMILES string of the molecule is O=C(c1ccc(Cl)cc1)c1c(O)c(O)n(-c2nccs2)c1-c1ccccc1F. The lowest BCUT2D eigenvalue weighted by atomic mass is 9.99. The normalized spacial score (nSPS) is 10.9. The smallest absolute Gasteiger partial charge is 0.242 e. The minimum Gasteiger partial charge on any atom is -0.503 e. The Morgan fingerprint density at radius 1 is 1.11 bits per heavy atom. The summed E-state index contributed by atoms with van der Waals surface area (Å²) >= 11 is 7.04. The topological polar surface area (TPSA) is 75.3 Å². The molecule has 0 saturated carbocycles. The Bertz CT molecular complexity index is 1170. The van der Waals surface area contributed by atoms with Gasteiger partial charge in [-0.1, -0.05) is 23.7 Å². The van der Waals surface area contributed by atoms with Crippen LogP contribution in [-0.4, -0.2) is 25.5 Å². The zero-order valence-corrected chi connectivity index (χ0v) is 15.7. The minimum atomic E-state index is -0.645. The highest BCUT2D eigenvalue weighted by Crippen LogP contribution is 2.44. The number of nitrogens with zero attached hydrogens (tertiary/aromatic N) is 2. The fourth-order valence-corrected chi connectivity index (χ4v) is 3.70. The lowest BCUT2D eigenvalue weighted by Gasteiger charge is -2.10. The van der Waals surface area contributed by atoms with Crippen LogP contribution in [-0.2, 0) is 0 Å². The zero-order valence-electron chi connectivity index (χ0n) is 14.1. The molecular formula is C20H12ClFN2O3S. The highest BCUT2D eigenvalue weighted by molar-refractivity contribution is 7.12. The predicted molar refractivity (Wildman–Crippen MR) is 105 cm³/mol. The van der Waals surface area contributed by atoms with Crippen LogP contribution in [0, 0.1) is 5.82 Å². The van der Waals surface area contributed by atoms with E-state index >= 15 is 0 Å². The summed E-state index contributed by atoms with van der Waals surface area (Å²) in [4.78, 5) is 17.3. The number of aromatic hydroxyl groups is 2. The van der Waals surface area contributed by atoms with Crippen molar-refractivity contribution in [2.45, 2.75) is 0 Å². The van der Waals surface area contributed by atoms with Crippen LogP contribution in [0.5, 0.6) is 11.6 Å². The number of ketones is 1. The minimum absolute atomic E-state index is 0.0167.